The zero-order chi connectivity index (χ0) is 13.4. The Hall–Kier alpha value is -1.05. The molecule has 102 valence electrons. The van der Waals surface area contributed by atoms with Gasteiger partial charge in [0.2, 0.25) is 5.91 Å². The van der Waals surface area contributed by atoms with Gasteiger partial charge in [0.15, 0.2) is 0 Å². The molecule has 1 rings (SSSR count). The highest BCUT2D eigenvalue weighted by molar-refractivity contribution is 5.80. The SMILES string of the molecule is C#CC(CCC)NC(=O)C1COCC1NCCC. The quantitative estimate of drug-likeness (QED) is 0.662. The maximum Gasteiger partial charge on any atom is 0.228 e. The minimum absolute atomic E-state index is 0.0116. The zero-order valence-electron chi connectivity index (χ0n) is 11.4. The topological polar surface area (TPSA) is 50.4 Å². The van der Waals surface area contributed by atoms with E-state index < -0.39 is 0 Å². The molecule has 0 aliphatic carbocycles. The van der Waals surface area contributed by atoms with Gasteiger partial charge in [-0.05, 0) is 19.4 Å². The lowest BCUT2D eigenvalue weighted by Crippen LogP contribution is -2.46. The Morgan fingerprint density at radius 1 is 1.44 bits per heavy atom. The fraction of sp³-hybridized carbons (Fsp3) is 0.786. The highest BCUT2D eigenvalue weighted by Crippen LogP contribution is 2.14. The van der Waals surface area contributed by atoms with Crippen molar-refractivity contribution in [3.8, 4) is 12.3 Å². The lowest BCUT2D eigenvalue weighted by atomic mass is 10.0. The molecule has 3 unspecified atom stereocenters. The van der Waals surface area contributed by atoms with Gasteiger partial charge >= 0.3 is 0 Å². The predicted molar refractivity (Wildman–Crippen MR) is 72.1 cm³/mol. The average molecular weight is 252 g/mol. The maximum atomic E-state index is 12.1. The molecule has 1 fully saturated rings. The molecule has 0 bridgehead atoms. The van der Waals surface area contributed by atoms with Crippen LogP contribution in [-0.4, -0.2) is 37.7 Å². The van der Waals surface area contributed by atoms with Crippen molar-refractivity contribution in [1.29, 1.82) is 0 Å². The summed E-state index contributed by atoms with van der Waals surface area (Å²) in [5, 5.41) is 6.27. The molecule has 18 heavy (non-hydrogen) atoms. The monoisotopic (exact) mass is 252 g/mol. The Kier molecular flexibility index (Phi) is 6.77. The van der Waals surface area contributed by atoms with E-state index in [-0.39, 0.29) is 23.9 Å². The number of nitrogens with one attached hydrogen (secondary N) is 2. The van der Waals surface area contributed by atoms with Crippen LogP contribution in [0.15, 0.2) is 0 Å². The first-order chi connectivity index (χ1) is 8.72. The molecule has 0 aromatic heterocycles. The van der Waals surface area contributed by atoms with E-state index in [2.05, 4.69) is 30.4 Å². The Morgan fingerprint density at radius 3 is 2.83 bits per heavy atom. The third-order valence-electron chi connectivity index (χ3n) is 3.17. The largest absolute Gasteiger partial charge is 0.379 e. The molecule has 4 nitrogen and oxygen atoms in total. The van der Waals surface area contributed by atoms with Crippen LogP contribution in [0.3, 0.4) is 0 Å². The van der Waals surface area contributed by atoms with Gasteiger partial charge in [-0.15, -0.1) is 6.42 Å². The number of terminal acetylenes is 1. The van der Waals surface area contributed by atoms with E-state index in [9.17, 15) is 4.79 Å². The number of hydrogen-bond acceptors (Lipinski definition) is 3. The Bertz CT molecular complexity index is 299. The Balaban J connectivity index is 2.46. The number of ether oxygens (including phenoxy) is 1. The van der Waals surface area contributed by atoms with Gasteiger partial charge in [0.1, 0.15) is 0 Å². The minimum atomic E-state index is -0.157. The average Bonchev–Trinajstić information content (AvgIpc) is 2.84. The van der Waals surface area contributed by atoms with Gasteiger partial charge in [-0.2, -0.15) is 0 Å². The van der Waals surface area contributed by atoms with Crippen LogP contribution in [0, 0.1) is 18.3 Å². The number of carbonyl (C=O) groups is 1. The molecule has 0 spiro atoms. The van der Waals surface area contributed by atoms with Gasteiger partial charge in [0.05, 0.1) is 25.2 Å². The summed E-state index contributed by atoms with van der Waals surface area (Å²) < 4.78 is 5.39. The van der Waals surface area contributed by atoms with Crippen LogP contribution in [0.2, 0.25) is 0 Å². The van der Waals surface area contributed by atoms with E-state index in [1.54, 1.807) is 0 Å². The van der Waals surface area contributed by atoms with Crippen LogP contribution in [0.4, 0.5) is 0 Å². The number of rotatable bonds is 7. The zero-order valence-corrected chi connectivity index (χ0v) is 11.4. The molecule has 1 heterocycles. The van der Waals surface area contributed by atoms with E-state index in [4.69, 9.17) is 11.2 Å². The molecular weight excluding hydrogens is 228 g/mol. The summed E-state index contributed by atoms with van der Waals surface area (Å²) >= 11 is 0. The molecule has 1 aliphatic rings. The smallest absolute Gasteiger partial charge is 0.228 e. The van der Waals surface area contributed by atoms with Gasteiger partial charge in [0.25, 0.3) is 0 Å². The minimum Gasteiger partial charge on any atom is -0.379 e. The third kappa shape index (κ3) is 4.32. The standard InChI is InChI=1S/C14H24N2O2/c1-4-7-11(6-3)16-14(17)12-9-18-10-13(12)15-8-5-2/h3,11-13,15H,4-5,7-10H2,1-2H3,(H,16,17). The number of amides is 1. The summed E-state index contributed by atoms with van der Waals surface area (Å²) in [5.41, 5.74) is 0. The van der Waals surface area contributed by atoms with Gasteiger partial charge in [-0.1, -0.05) is 26.2 Å². The van der Waals surface area contributed by atoms with Crippen molar-refractivity contribution in [1.82, 2.24) is 10.6 Å². The van der Waals surface area contributed by atoms with Crippen molar-refractivity contribution in [2.75, 3.05) is 19.8 Å². The summed E-state index contributed by atoms with van der Waals surface area (Å²) in [4.78, 5) is 12.1. The molecule has 4 heteroatoms. The van der Waals surface area contributed by atoms with Crippen LogP contribution >= 0.6 is 0 Å². The second-order valence-electron chi connectivity index (χ2n) is 4.72. The molecule has 2 N–H and O–H groups in total. The molecule has 1 aliphatic heterocycles. The summed E-state index contributed by atoms with van der Waals surface area (Å²) in [6.07, 6.45) is 8.25. The van der Waals surface area contributed by atoms with Gasteiger partial charge < -0.3 is 15.4 Å². The van der Waals surface area contributed by atoms with Crippen LogP contribution < -0.4 is 10.6 Å². The summed E-state index contributed by atoms with van der Waals surface area (Å²) in [7, 11) is 0. The van der Waals surface area contributed by atoms with E-state index in [0.717, 1.165) is 25.8 Å². The van der Waals surface area contributed by atoms with E-state index in [0.29, 0.717) is 13.2 Å². The van der Waals surface area contributed by atoms with Crippen LogP contribution in [0.5, 0.6) is 0 Å². The van der Waals surface area contributed by atoms with E-state index in [1.807, 2.05) is 0 Å². The molecule has 3 atom stereocenters. The molecule has 1 saturated heterocycles. The van der Waals surface area contributed by atoms with Crippen LogP contribution in [0.25, 0.3) is 0 Å². The third-order valence-corrected chi connectivity index (χ3v) is 3.17. The Morgan fingerprint density at radius 2 is 2.22 bits per heavy atom. The van der Waals surface area contributed by atoms with Crippen molar-refractivity contribution in [3.63, 3.8) is 0 Å². The summed E-state index contributed by atoms with van der Waals surface area (Å²) in [6, 6.07) is -0.0417. The molecule has 1 amide bonds. The van der Waals surface area contributed by atoms with Crippen molar-refractivity contribution in [2.45, 2.75) is 45.2 Å². The molecular formula is C14H24N2O2. The fourth-order valence-corrected chi connectivity index (χ4v) is 2.11. The first-order valence-corrected chi connectivity index (χ1v) is 6.80. The second-order valence-corrected chi connectivity index (χ2v) is 4.72. The number of hydrogen-bond donors (Lipinski definition) is 2. The van der Waals surface area contributed by atoms with Crippen LogP contribution in [-0.2, 0) is 9.53 Å². The molecule has 0 radical (unpaired) electrons. The first-order valence-electron chi connectivity index (χ1n) is 6.80. The lowest BCUT2D eigenvalue weighted by molar-refractivity contribution is -0.125. The fourth-order valence-electron chi connectivity index (χ4n) is 2.11. The highest BCUT2D eigenvalue weighted by atomic mass is 16.5. The summed E-state index contributed by atoms with van der Waals surface area (Å²) in [5.74, 6) is 2.51. The first kappa shape index (κ1) is 15.0. The van der Waals surface area contributed by atoms with Crippen LogP contribution in [0.1, 0.15) is 33.1 Å². The molecule has 0 saturated carbocycles. The van der Waals surface area contributed by atoms with E-state index in [1.165, 1.54) is 0 Å². The predicted octanol–water partition coefficient (Wildman–Crippen LogP) is 0.919. The van der Waals surface area contributed by atoms with Gasteiger partial charge in [0, 0.05) is 6.04 Å². The normalized spacial score (nSPS) is 24.5. The van der Waals surface area contributed by atoms with E-state index >= 15 is 0 Å². The Labute approximate surface area is 110 Å². The van der Waals surface area contributed by atoms with Gasteiger partial charge in [-0.3, -0.25) is 4.79 Å². The second kappa shape index (κ2) is 8.12. The van der Waals surface area contributed by atoms with Crippen molar-refractivity contribution < 1.29 is 9.53 Å². The van der Waals surface area contributed by atoms with Crippen molar-refractivity contribution >= 4 is 5.91 Å². The number of carbonyl (C=O) groups excluding carboxylic acids is 1. The maximum absolute atomic E-state index is 12.1. The van der Waals surface area contributed by atoms with Crippen molar-refractivity contribution in [2.24, 2.45) is 5.92 Å². The molecule has 0 aromatic rings. The lowest BCUT2D eigenvalue weighted by Gasteiger charge is -2.20. The molecule has 0 aromatic carbocycles. The highest BCUT2D eigenvalue weighted by Gasteiger charge is 2.34. The van der Waals surface area contributed by atoms with Gasteiger partial charge in [-0.25, -0.2) is 0 Å². The summed E-state index contributed by atoms with van der Waals surface area (Å²) in [6.45, 7) is 6.16. The van der Waals surface area contributed by atoms with Crippen molar-refractivity contribution in [3.05, 3.63) is 0 Å².